The Kier molecular flexibility index (Phi) is 6.09. The lowest BCUT2D eigenvalue weighted by molar-refractivity contribution is 0.0581. The van der Waals surface area contributed by atoms with Gasteiger partial charge in [0.2, 0.25) is 0 Å². The summed E-state index contributed by atoms with van der Waals surface area (Å²) in [7, 11) is 0. The van der Waals surface area contributed by atoms with Crippen molar-refractivity contribution in [1.29, 1.82) is 0 Å². The predicted octanol–water partition coefficient (Wildman–Crippen LogP) is 3.74. The van der Waals surface area contributed by atoms with Gasteiger partial charge in [0.1, 0.15) is 0 Å². The third kappa shape index (κ3) is 4.72. The van der Waals surface area contributed by atoms with E-state index in [1.165, 1.54) is 12.8 Å². The van der Waals surface area contributed by atoms with Gasteiger partial charge in [-0.05, 0) is 53.6 Å². The molecule has 2 rings (SSSR count). The van der Waals surface area contributed by atoms with Crippen molar-refractivity contribution in [2.75, 3.05) is 13.2 Å². The van der Waals surface area contributed by atoms with E-state index in [1.807, 2.05) is 18.2 Å². The van der Waals surface area contributed by atoms with Gasteiger partial charge < -0.3 is 10.1 Å². The lowest BCUT2D eigenvalue weighted by Crippen LogP contribution is -2.29. The Labute approximate surface area is 135 Å². The van der Waals surface area contributed by atoms with Crippen molar-refractivity contribution in [2.24, 2.45) is 0 Å². The maximum absolute atomic E-state index is 12.0. The molecule has 1 amide bonds. The van der Waals surface area contributed by atoms with Gasteiger partial charge in [-0.15, -0.1) is 0 Å². The summed E-state index contributed by atoms with van der Waals surface area (Å²) in [5.41, 5.74) is 0.704. The zero-order chi connectivity index (χ0) is 13.7. The molecule has 0 saturated heterocycles. The molecule has 0 heterocycles. The second kappa shape index (κ2) is 7.59. The summed E-state index contributed by atoms with van der Waals surface area (Å²) in [6.07, 6.45) is 5.28. The number of carbonyl (C=O) groups is 1. The van der Waals surface area contributed by atoms with Gasteiger partial charge in [0.05, 0.1) is 18.3 Å². The Hall–Kier alpha value is -0.140. The first-order valence-corrected chi connectivity index (χ1v) is 8.39. The number of benzene rings is 1. The summed E-state index contributed by atoms with van der Waals surface area (Å²) in [5, 5.41) is 2.90. The van der Waals surface area contributed by atoms with E-state index in [9.17, 15) is 4.79 Å². The summed E-state index contributed by atoms with van der Waals surface area (Å²) in [4.78, 5) is 12.0. The minimum Gasteiger partial charge on any atom is -0.376 e. The molecule has 0 radical (unpaired) electrons. The summed E-state index contributed by atoms with van der Waals surface area (Å²) in [6, 6.07) is 5.70. The molecule has 0 unspecified atom stereocenters. The Bertz CT molecular complexity index is 447. The zero-order valence-corrected chi connectivity index (χ0v) is 14.4. The molecule has 1 fully saturated rings. The molecule has 19 heavy (non-hydrogen) atoms. The molecule has 1 saturated carbocycles. The van der Waals surface area contributed by atoms with E-state index < -0.39 is 0 Å². The second-order valence-corrected chi connectivity index (χ2v) is 6.74. The molecule has 104 valence electrons. The molecule has 5 heteroatoms. The van der Waals surface area contributed by atoms with Crippen LogP contribution in [-0.2, 0) is 4.74 Å². The van der Waals surface area contributed by atoms with Gasteiger partial charge in [-0.1, -0.05) is 28.8 Å². The normalized spacial score (nSPS) is 15.7. The maximum Gasteiger partial charge on any atom is 0.252 e. The van der Waals surface area contributed by atoms with Crippen molar-refractivity contribution < 1.29 is 9.53 Å². The number of hydrogen-bond acceptors (Lipinski definition) is 2. The van der Waals surface area contributed by atoms with Gasteiger partial charge in [-0.3, -0.25) is 4.79 Å². The molecule has 0 aliphatic heterocycles. The fourth-order valence-corrected chi connectivity index (χ4v) is 3.15. The number of rotatable bonds is 5. The molecule has 0 aromatic heterocycles. The van der Waals surface area contributed by atoms with E-state index in [2.05, 4.69) is 43.8 Å². The number of amides is 1. The van der Waals surface area contributed by atoms with Crippen molar-refractivity contribution in [3.8, 4) is 0 Å². The Morgan fingerprint density at radius 2 is 2.16 bits per heavy atom. The van der Waals surface area contributed by atoms with Crippen LogP contribution in [0.1, 0.15) is 36.0 Å². The van der Waals surface area contributed by atoms with Gasteiger partial charge in [-0.2, -0.15) is 0 Å². The largest absolute Gasteiger partial charge is 0.376 e. The SMILES string of the molecule is O=C(NCCOC1CCCC1)c1cc(Br)ccc1I. The Balaban J connectivity index is 1.75. The van der Waals surface area contributed by atoms with Gasteiger partial charge >= 0.3 is 0 Å². The first kappa shape index (κ1) is 15.3. The third-order valence-corrected chi connectivity index (χ3v) is 4.65. The van der Waals surface area contributed by atoms with E-state index in [4.69, 9.17) is 4.74 Å². The van der Waals surface area contributed by atoms with E-state index in [1.54, 1.807) is 0 Å². The predicted molar refractivity (Wildman–Crippen MR) is 87.4 cm³/mol. The number of ether oxygens (including phenoxy) is 1. The van der Waals surface area contributed by atoms with E-state index in [-0.39, 0.29) is 5.91 Å². The van der Waals surface area contributed by atoms with Gasteiger partial charge in [0, 0.05) is 14.6 Å². The van der Waals surface area contributed by atoms with Crippen LogP contribution >= 0.6 is 38.5 Å². The number of nitrogens with one attached hydrogen (secondary N) is 1. The molecular weight excluding hydrogens is 421 g/mol. The van der Waals surface area contributed by atoms with Crippen LogP contribution in [-0.4, -0.2) is 25.2 Å². The van der Waals surface area contributed by atoms with Gasteiger partial charge in [-0.25, -0.2) is 0 Å². The topological polar surface area (TPSA) is 38.3 Å². The number of carbonyl (C=O) groups excluding carboxylic acids is 1. The summed E-state index contributed by atoms with van der Waals surface area (Å²) < 4.78 is 7.59. The van der Waals surface area contributed by atoms with E-state index in [0.717, 1.165) is 20.9 Å². The first-order valence-electron chi connectivity index (χ1n) is 6.51. The fraction of sp³-hybridized carbons (Fsp3) is 0.500. The summed E-state index contributed by atoms with van der Waals surface area (Å²) in [6.45, 7) is 1.17. The van der Waals surface area contributed by atoms with Gasteiger partial charge in [0.25, 0.3) is 5.91 Å². The smallest absolute Gasteiger partial charge is 0.252 e. The van der Waals surface area contributed by atoms with Crippen LogP contribution in [0.15, 0.2) is 22.7 Å². The standard InChI is InChI=1S/C14H17BrINO2/c15-10-5-6-13(16)12(9-10)14(18)17-7-8-19-11-3-1-2-4-11/h5-6,9,11H,1-4,7-8H2,(H,17,18). The lowest BCUT2D eigenvalue weighted by Gasteiger charge is -2.12. The maximum atomic E-state index is 12.0. The number of hydrogen-bond donors (Lipinski definition) is 1. The van der Waals surface area contributed by atoms with Gasteiger partial charge in [0.15, 0.2) is 0 Å². The molecule has 1 aromatic rings. The molecule has 1 aliphatic carbocycles. The highest BCUT2D eigenvalue weighted by Crippen LogP contribution is 2.20. The molecule has 0 atom stereocenters. The average Bonchev–Trinajstić information content (AvgIpc) is 2.90. The average molecular weight is 438 g/mol. The van der Waals surface area contributed by atoms with Crippen molar-refractivity contribution >= 4 is 44.4 Å². The van der Waals surface area contributed by atoms with Crippen LogP contribution in [0.4, 0.5) is 0 Å². The molecule has 1 N–H and O–H groups in total. The number of halogens is 2. The quantitative estimate of drug-likeness (QED) is 0.562. The van der Waals surface area contributed by atoms with Crippen molar-refractivity contribution in [3.05, 3.63) is 31.8 Å². The van der Waals surface area contributed by atoms with Crippen LogP contribution in [0.2, 0.25) is 0 Å². The third-order valence-electron chi connectivity index (χ3n) is 3.22. The molecule has 3 nitrogen and oxygen atoms in total. The molecule has 0 spiro atoms. The molecular formula is C14H17BrINO2. The minimum absolute atomic E-state index is 0.0410. The lowest BCUT2D eigenvalue weighted by atomic mass is 10.2. The van der Waals surface area contributed by atoms with E-state index in [0.29, 0.717) is 24.8 Å². The van der Waals surface area contributed by atoms with Crippen LogP contribution in [0.5, 0.6) is 0 Å². The monoisotopic (exact) mass is 437 g/mol. The summed E-state index contributed by atoms with van der Waals surface area (Å²) >= 11 is 5.55. The van der Waals surface area contributed by atoms with Crippen LogP contribution < -0.4 is 5.32 Å². The Morgan fingerprint density at radius 1 is 1.42 bits per heavy atom. The highest BCUT2D eigenvalue weighted by Gasteiger charge is 2.15. The summed E-state index contributed by atoms with van der Waals surface area (Å²) in [5.74, 6) is -0.0410. The van der Waals surface area contributed by atoms with E-state index >= 15 is 0 Å². The molecule has 0 bridgehead atoms. The van der Waals surface area contributed by atoms with Crippen molar-refractivity contribution in [3.63, 3.8) is 0 Å². The molecule has 1 aliphatic rings. The van der Waals surface area contributed by atoms with Crippen LogP contribution in [0, 0.1) is 3.57 Å². The Morgan fingerprint density at radius 3 is 2.89 bits per heavy atom. The molecule has 1 aromatic carbocycles. The first-order chi connectivity index (χ1) is 9.16. The highest BCUT2D eigenvalue weighted by molar-refractivity contribution is 14.1. The minimum atomic E-state index is -0.0410. The van der Waals surface area contributed by atoms with Crippen molar-refractivity contribution in [1.82, 2.24) is 5.32 Å². The second-order valence-electron chi connectivity index (χ2n) is 4.66. The van der Waals surface area contributed by atoms with Crippen LogP contribution in [0.25, 0.3) is 0 Å². The van der Waals surface area contributed by atoms with Crippen molar-refractivity contribution in [2.45, 2.75) is 31.8 Å². The zero-order valence-electron chi connectivity index (χ0n) is 10.6. The fourth-order valence-electron chi connectivity index (χ4n) is 2.21. The van der Waals surface area contributed by atoms with Crippen LogP contribution in [0.3, 0.4) is 0 Å². The highest BCUT2D eigenvalue weighted by atomic mass is 127.